The maximum atomic E-state index is 6.20. The molecule has 4 rings (SSSR count). The number of rotatable bonds is 3. The largest absolute Gasteiger partial charge is 0.489 e. The first kappa shape index (κ1) is 15.7. The lowest BCUT2D eigenvalue weighted by molar-refractivity contribution is 0.146. The average Bonchev–Trinajstić information content (AvgIpc) is 3.00. The average molecular weight is 329 g/mol. The highest BCUT2D eigenvalue weighted by Gasteiger charge is 2.24. The lowest BCUT2D eigenvalue weighted by Crippen LogP contribution is -2.38. The minimum Gasteiger partial charge on any atom is -0.489 e. The van der Waals surface area contributed by atoms with Gasteiger partial charge in [-0.3, -0.25) is 4.40 Å². The molecule has 1 saturated carbocycles. The molecule has 2 aliphatic rings. The second-order valence-electron chi connectivity index (χ2n) is 7.29. The van der Waals surface area contributed by atoms with Crippen molar-refractivity contribution >= 4 is 11.6 Å². The van der Waals surface area contributed by atoms with Crippen LogP contribution in [0.15, 0.2) is 18.3 Å². The molecule has 2 aromatic heterocycles. The molecular weight excluding hydrogens is 302 g/mol. The minimum absolute atomic E-state index is 0.274. The summed E-state index contributed by atoms with van der Waals surface area (Å²) in [4.78, 5) is 2.37. The molecule has 24 heavy (non-hydrogen) atoms. The third kappa shape index (κ3) is 3.07. The van der Waals surface area contributed by atoms with Gasteiger partial charge in [0, 0.05) is 18.6 Å². The van der Waals surface area contributed by atoms with Crippen LogP contribution in [0.1, 0.15) is 51.9 Å². The van der Waals surface area contributed by atoms with E-state index in [-0.39, 0.29) is 6.10 Å². The highest BCUT2D eigenvalue weighted by Crippen LogP contribution is 2.27. The summed E-state index contributed by atoms with van der Waals surface area (Å²) in [5.41, 5.74) is 6.86. The van der Waals surface area contributed by atoms with E-state index in [4.69, 9.17) is 10.5 Å². The van der Waals surface area contributed by atoms with Gasteiger partial charge in [-0.2, -0.15) is 0 Å². The molecule has 2 fully saturated rings. The molecule has 1 atom stereocenters. The molecule has 0 unspecified atom stereocenters. The Bertz CT molecular complexity index is 692. The van der Waals surface area contributed by atoms with Gasteiger partial charge in [0.1, 0.15) is 5.75 Å². The molecule has 0 bridgehead atoms. The van der Waals surface area contributed by atoms with Gasteiger partial charge in [-0.25, -0.2) is 0 Å². The van der Waals surface area contributed by atoms with Crippen molar-refractivity contribution in [3.63, 3.8) is 0 Å². The fourth-order valence-electron chi connectivity index (χ4n) is 3.92. The number of nitrogens with zero attached hydrogens (tertiary/aromatic N) is 4. The highest BCUT2D eigenvalue weighted by atomic mass is 16.5. The molecule has 0 spiro atoms. The second-order valence-corrected chi connectivity index (χ2v) is 7.29. The smallest absolute Gasteiger partial charge is 0.232 e. The van der Waals surface area contributed by atoms with Gasteiger partial charge in [0.15, 0.2) is 5.65 Å². The molecule has 6 nitrogen and oxygen atoms in total. The first-order valence-corrected chi connectivity index (χ1v) is 9.24. The van der Waals surface area contributed by atoms with Crippen molar-refractivity contribution in [2.75, 3.05) is 11.4 Å². The number of nitrogens with two attached hydrogens (primary N) is 1. The summed E-state index contributed by atoms with van der Waals surface area (Å²) < 4.78 is 8.27. The van der Waals surface area contributed by atoms with Crippen LogP contribution in [-0.2, 0) is 0 Å². The number of hydrogen-bond donors (Lipinski definition) is 1. The molecule has 1 aliphatic carbocycles. The molecule has 130 valence electrons. The monoisotopic (exact) mass is 329 g/mol. The van der Waals surface area contributed by atoms with Gasteiger partial charge in [0.2, 0.25) is 5.95 Å². The van der Waals surface area contributed by atoms with Crippen molar-refractivity contribution in [2.24, 2.45) is 5.73 Å². The molecular formula is C18H27N5O. The Morgan fingerprint density at radius 3 is 2.71 bits per heavy atom. The lowest BCUT2D eigenvalue weighted by atomic mass is 9.94. The summed E-state index contributed by atoms with van der Waals surface area (Å²) in [5, 5.41) is 8.76. The van der Waals surface area contributed by atoms with Gasteiger partial charge in [0.25, 0.3) is 0 Å². The van der Waals surface area contributed by atoms with E-state index in [1.807, 2.05) is 18.3 Å². The van der Waals surface area contributed by atoms with Crippen LogP contribution >= 0.6 is 0 Å². The van der Waals surface area contributed by atoms with Crippen molar-refractivity contribution in [1.82, 2.24) is 14.6 Å². The number of piperidine rings is 1. The predicted molar refractivity (Wildman–Crippen MR) is 94.5 cm³/mol. The van der Waals surface area contributed by atoms with E-state index >= 15 is 0 Å². The van der Waals surface area contributed by atoms with Gasteiger partial charge in [-0.15, -0.1) is 10.2 Å². The van der Waals surface area contributed by atoms with Crippen LogP contribution in [0, 0.1) is 0 Å². The molecule has 6 heteroatoms. The summed E-state index contributed by atoms with van der Waals surface area (Å²) in [6.45, 7) is 3.32. The molecule has 1 saturated heterocycles. The van der Waals surface area contributed by atoms with Gasteiger partial charge >= 0.3 is 0 Å². The SMILES string of the molecule is C[C@H]1CCCCN1c1nnc2ccc(OC3CCC(N)CC3)cn12. The Morgan fingerprint density at radius 2 is 1.92 bits per heavy atom. The second kappa shape index (κ2) is 6.59. The minimum atomic E-state index is 0.274. The third-order valence-corrected chi connectivity index (χ3v) is 5.44. The van der Waals surface area contributed by atoms with Crippen LogP contribution in [0.2, 0.25) is 0 Å². The number of hydrogen-bond acceptors (Lipinski definition) is 5. The Labute approximate surface area is 143 Å². The predicted octanol–water partition coefficient (Wildman–Crippen LogP) is 2.76. The standard InChI is InChI=1S/C18H27N5O/c1-13-4-2-3-11-22(13)18-21-20-17-10-9-16(12-23(17)18)24-15-7-5-14(19)6-8-15/h9-10,12-15H,2-8,11,19H2,1H3/t13-,14?,15?/m0/s1. The van der Waals surface area contributed by atoms with Gasteiger partial charge in [0.05, 0.1) is 12.3 Å². The zero-order valence-electron chi connectivity index (χ0n) is 14.4. The van der Waals surface area contributed by atoms with Gasteiger partial charge in [-0.1, -0.05) is 0 Å². The molecule has 2 N–H and O–H groups in total. The zero-order valence-corrected chi connectivity index (χ0v) is 14.4. The third-order valence-electron chi connectivity index (χ3n) is 5.44. The zero-order chi connectivity index (χ0) is 16.5. The lowest BCUT2D eigenvalue weighted by Gasteiger charge is -2.33. The summed E-state index contributed by atoms with van der Waals surface area (Å²) in [6, 6.07) is 4.85. The van der Waals surface area contributed by atoms with Gasteiger partial charge < -0.3 is 15.4 Å². The van der Waals surface area contributed by atoms with E-state index in [2.05, 4.69) is 26.4 Å². The maximum absolute atomic E-state index is 6.20. The molecule has 2 aromatic rings. The van der Waals surface area contributed by atoms with E-state index in [9.17, 15) is 0 Å². The van der Waals surface area contributed by atoms with Crippen LogP contribution in [-0.4, -0.2) is 39.3 Å². The molecule has 3 heterocycles. The van der Waals surface area contributed by atoms with E-state index in [1.54, 1.807) is 0 Å². The fourth-order valence-corrected chi connectivity index (χ4v) is 3.92. The number of fused-ring (bicyclic) bond motifs is 1. The Kier molecular flexibility index (Phi) is 4.31. The highest BCUT2D eigenvalue weighted by molar-refractivity contribution is 5.49. The quantitative estimate of drug-likeness (QED) is 0.938. The first-order valence-electron chi connectivity index (χ1n) is 9.24. The van der Waals surface area contributed by atoms with Crippen LogP contribution in [0.25, 0.3) is 5.65 Å². The van der Waals surface area contributed by atoms with E-state index in [1.165, 1.54) is 19.3 Å². The van der Waals surface area contributed by atoms with Crippen LogP contribution < -0.4 is 15.4 Å². The number of pyridine rings is 1. The van der Waals surface area contributed by atoms with Gasteiger partial charge in [-0.05, 0) is 64.0 Å². The fraction of sp³-hybridized carbons (Fsp3) is 0.667. The summed E-state index contributed by atoms with van der Waals surface area (Å²) in [6.07, 6.45) is 10.2. The molecule has 0 radical (unpaired) electrons. The molecule has 1 aliphatic heterocycles. The van der Waals surface area contributed by atoms with Crippen LogP contribution in [0.4, 0.5) is 5.95 Å². The number of anilines is 1. The Balaban J connectivity index is 1.56. The van der Waals surface area contributed by atoms with Crippen molar-refractivity contribution in [3.8, 4) is 5.75 Å². The molecule has 0 aromatic carbocycles. The van der Waals surface area contributed by atoms with Crippen LogP contribution in [0.3, 0.4) is 0 Å². The van der Waals surface area contributed by atoms with Crippen molar-refractivity contribution in [1.29, 1.82) is 0 Å². The van der Waals surface area contributed by atoms with Crippen molar-refractivity contribution < 1.29 is 4.74 Å². The Morgan fingerprint density at radius 1 is 1.08 bits per heavy atom. The van der Waals surface area contributed by atoms with Crippen LogP contribution in [0.5, 0.6) is 5.75 Å². The summed E-state index contributed by atoms with van der Waals surface area (Å²) >= 11 is 0. The Hall–Kier alpha value is -1.82. The van der Waals surface area contributed by atoms with E-state index in [0.717, 1.165) is 49.6 Å². The number of ether oxygens (including phenoxy) is 1. The topological polar surface area (TPSA) is 68.7 Å². The number of aromatic nitrogens is 3. The normalized spacial score (nSPS) is 28.2. The summed E-state index contributed by atoms with van der Waals surface area (Å²) in [7, 11) is 0. The molecule has 0 amide bonds. The van der Waals surface area contributed by atoms with Crippen molar-refractivity contribution in [2.45, 2.75) is 70.1 Å². The maximum Gasteiger partial charge on any atom is 0.232 e. The van der Waals surface area contributed by atoms with E-state index < -0.39 is 0 Å². The van der Waals surface area contributed by atoms with Crippen molar-refractivity contribution in [3.05, 3.63) is 18.3 Å². The first-order chi connectivity index (χ1) is 11.7. The van der Waals surface area contributed by atoms with E-state index in [0.29, 0.717) is 12.1 Å². The summed E-state index contributed by atoms with van der Waals surface area (Å²) in [5.74, 6) is 1.84.